The van der Waals surface area contributed by atoms with E-state index in [4.69, 9.17) is 11.6 Å². The molecular weight excluding hydrogens is 228 g/mol. The van der Waals surface area contributed by atoms with Gasteiger partial charge in [-0.25, -0.2) is 0 Å². The van der Waals surface area contributed by atoms with Crippen molar-refractivity contribution in [1.82, 2.24) is 15.1 Å². The molecule has 1 aromatic rings. The molecule has 1 amide bonds. The fraction of sp³-hybridized carbons (Fsp3) is 0.500. The lowest BCUT2D eigenvalue weighted by Crippen LogP contribution is -2.50. The SMILES string of the molecule is CCN1CCN(c2ccc(Cl)nn2)C(=O)C1. The van der Waals surface area contributed by atoms with Crippen molar-refractivity contribution in [2.75, 3.05) is 31.1 Å². The second kappa shape index (κ2) is 4.76. The first kappa shape index (κ1) is 11.3. The van der Waals surface area contributed by atoms with Gasteiger partial charge in [0, 0.05) is 13.1 Å². The Balaban J connectivity index is 2.11. The summed E-state index contributed by atoms with van der Waals surface area (Å²) in [6.45, 7) is 4.91. The zero-order valence-corrected chi connectivity index (χ0v) is 9.81. The number of halogens is 1. The second-order valence-electron chi connectivity index (χ2n) is 3.63. The van der Waals surface area contributed by atoms with Crippen molar-refractivity contribution in [2.45, 2.75) is 6.92 Å². The van der Waals surface area contributed by atoms with Crippen LogP contribution in [0.1, 0.15) is 6.92 Å². The summed E-state index contributed by atoms with van der Waals surface area (Å²) < 4.78 is 0. The summed E-state index contributed by atoms with van der Waals surface area (Å²) in [7, 11) is 0. The van der Waals surface area contributed by atoms with Crippen molar-refractivity contribution in [3.8, 4) is 0 Å². The van der Waals surface area contributed by atoms with Crippen LogP contribution in [0.15, 0.2) is 12.1 Å². The average molecular weight is 241 g/mol. The maximum Gasteiger partial charge on any atom is 0.242 e. The van der Waals surface area contributed by atoms with E-state index in [0.717, 1.165) is 13.1 Å². The summed E-state index contributed by atoms with van der Waals surface area (Å²) in [6, 6.07) is 3.36. The van der Waals surface area contributed by atoms with Crippen molar-refractivity contribution in [1.29, 1.82) is 0 Å². The van der Waals surface area contributed by atoms with Crippen LogP contribution in [0.3, 0.4) is 0 Å². The second-order valence-corrected chi connectivity index (χ2v) is 4.02. The molecule has 16 heavy (non-hydrogen) atoms. The summed E-state index contributed by atoms with van der Waals surface area (Å²) in [5.74, 6) is 0.634. The third-order valence-corrected chi connectivity index (χ3v) is 2.84. The molecule has 2 heterocycles. The van der Waals surface area contributed by atoms with Gasteiger partial charge in [0.2, 0.25) is 5.91 Å². The van der Waals surface area contributed by atoms with Gasteiger partial charge in [-0.3, -0.25) is 14.6 Å². The van der Waals surface area contributed by atoms with Gasteiger partial charge >= 0.3 is 0 Å². The summed E-state index contributed by atoms with van der Waals surface area (Å²) in [6.07, 6.45) is 0. The highest BCUT2D eigenvalue weighted by molar-refractivity contribution is 6.29. The summed E-state index contributed by atoms with van der Waals surface area (Å²) in [5.41, 5.74) is 0. The lowest BCUT2D eigenvalue weighted by Gasteiger charge is -2.32. The Kier molecular flexibility index (Phi) is 3.36. The van der Waals surface area contributed by atoms with Crippen molar-refractivity contribution in [3.63, 3.8) is 0 Å². The Morgan fingerprint density at radius 1 is 1.38 bits per heavy atom. The van der Waals surface area contributed by atoms with Crippen molar-refractivity contribution in [2.24, 2.45) is 0 Å². The molecule has 2 rings (SSSR count). The Hall–Kier alpha value is -1.20. The number of nitrogens with zero attached hydrogens (tertiary/aromatic N) is 4. The lowest BCUT2D eigenvalue weighted by atomic mass is 10.3. The van der Waals surface area contributed by atoms with Crippen LogP contribution in [0.2, 0.25) is 5.15 Å². The van der Waals surface area contributed by atoms with Gasteiger partial charge in [-0.1, -0.05) is 18.5 Å². The number of likely N-dealkylation sites (N-methyl/N-ethyl adjacent to an activating group) is 1. The number of piperazine rings is 1. The highest BCUT2D eigenvalue weighted by Gasteiger charge is 2.24. The molecule has 1 aliphatic rings. The maximum atomic E-state index is 11.8. The van der Waals surface area contributed by atoms with Gasteiger partial charge in [-0.05, 0) is 18.7 Å². The molecule has 0 saturated carbocycles. The molecule has 1 fully saturated rings. The van der Waals surface area contributed by atoms with E-state index in [1.807, 2.05) is 6.92 Å². The number of hydrogen-bond donors (Lipinski definition) is 0. The highest BCUT2D eigenvalue weighted by Crippen LogP contribution is 2.14. The first-order valence-corrected chi connectivity index (χ1v) is 5.60. The van der Waals surface area contributed by atoms with Crippen LogP contribution in [0, 0.1) is 0 Å². The Morgan fingerprint density at radius 3 is 2.75 bits per heavy atom. The van der Waals surface area contributed by atoms with E-state index in [1.165, 1.54) is 0 Å². The maximum absolute atomic E-state index is 11.8. The first-order valence-electron chi connectivity index (χ1n) is 5.22. The lowest BCUT2D eigenvalue weighted by molar-refractivity contribution is -0.121. The van der Waals surface area contributed by atoms with E-state index in [2.05, 4.69) is 15.1 Å². The average Bonchev–Trinajstić information content (AvgIpc) is 2.30. The molecule has 1 saturated heterocycles. The first-order chi connectivity index (χ1) is 7.70. The molecule has 0 unspecified atom stereocenters. The molecule has 1 aromatic heterocycles. The van der Waals surface area contributed by atoms with Gasteiger partial charge in [0.1, 0.15) is 0 Å². The van der Waals surface area contributed by atoms with Gasteiger partial charge in [0.25, 0.3) is 0 Å². The number of amides is 1. The Bertz CT molecular complexity index is 381. The topological polar surface area (TPSA) is 49.3 Å². The van der Waals surface area contributed by atoms with Crippen LogP contribution in [0.4, 0.5) is 5.82 Å². The van der Waals surface area contributed by atoms with Gasteiger partial charge in [-0.2, -0.15) is 0 Å². The minimum atomic E-state index is 0.0599. The molecule has 0 aliphatic carbocycles. The third kappa shape index (κ3) is 2.31. The van der Waals surface area contributed by atoms with Crippen LogP contribution in [-0.2, 0) is 4.79 Å². The molecule has 0 aromatic carbocycles. The minimum absolute atomic E-state index is 0.0599. The minimum Gasteiger partial charge on any atom is -0.293 e. The predicted octanol–water partition coefficient (Wildman–Crippen LogP) is 0.798. The van der Waals surface area contributed by atoms with E-state index in [0.29, 0.717) is 24.1 Å². The monoisotopic (exact) mass is 240 g/mol. The van der Waals surface area contributed by atoms with Gasteiger partial charge in [0.05, 0.1) is 6.54 Å². The molecule has 0 atom stereocenters. The van der Waals surface area contributed by atoms with Crippen LogP contribution in [0.25, 0.3) is 0 Å². The summed E-state index contributed by atoms with van der Waals surface area (Å²) >= 11 is 5.65. The van der Waals surface area contributed by atoms with E-state index >= 15 is 0 Å². The molecule has 1 aliphatic heterocycles. The van der Waals surface area contributed by atoms with E-state index in [-0.39, 0.29) is 5.91 Å². The molecule has 5 nitrogen and oxygen atoms in total. The zero-order chi connectivity index (χ0) is 11.5. The van der Waals surface area contributed by atoms with E-state index in [9.17, 15) is 4.79 Å². The van der Waals surface area contributed by atoms with Crippen LogP contribution >= 0.6 is 11.6 Å². The molecule has 0 bridgehead atoms. The number of hydrogen-bond acceptors (Lipinski definition) is 4. The standard InChI is InChI=1S/C10H13ClN4O/c1-2-14-5-6-15(10(16)7-14)9-4-3-8(11)12-13-9/h3-4H,2,5-7H2,1H3. The quantitative estimate of drug-likeness (QED) is 0.767. The smallest absolute Gasteiger partial charge is 0.242 e. The third-order valence-electron chi connectivity index (χ3n) is 2.64. The summed E-state index contributed by atoms with van der Waals surface area (Å²) in [4.78, 5) is 15.6. The fourth-order valence-electron chi connectivity index (χ4n) is 1.69. The predicted molar refractivity (Wildman–Crippen MR) is 61.5 cm³/mol. The summed E-state index contributed by atoms with van der Waals surface area (Å²) in [5, 5.41) is 7.98. The number of carbonyl (C=O) groups is 1. The van der Waals surface area contributed by atoms with Gasteiger partial charge in [-0.15, -0.1) is 10.2 Å². The molecule has 0 N–H and O–H groups in total. The van der Waals surface area contributed by atoms with Crippen LogP contribution in [0.5, 0.6) is 0 Å². The van der Waals surface area contributed by atoms with E-state index in [1.54, 1.807) is 17.0 Å². The fourth-order valence-corrected chi connectivity index (χ4v) is 1.79. The zero-order valence-electron chi connectivity index (χ0n) is 9.06. The Labute approximate surface area is 99.0 Å². The molecule has 86 valence electrons. The van der Waals surface area contributed by atoms with Gasteiger partial charge in [0.15, 0.2) is 11.0 Å². The van der Waals surface area contributed by atoms with E-state index < -0.39 is 0 Å². The molecule has 0 spiro atoms. The molecule has 6 heteroatoms. The number of carbonyl (C=O) groups excluding carboxylic acids is 1. The van der Waals surface area contributed by atoms with Crippen molar-refractivity contribution in [3.05, 3.63) is 17.3 Å². The number of rotatable bonds is 2. The number of aromatic nitrogens is 2. The number of anilines is 1. The van der Waals surface area contributed by atoms with Crippen LogP contribution in [-0.4, -0.2) is 47.2 Å². The van der Waals surface area contributed by atoms with Gasteiger partial charge < -0.3 is 0 Å². The Morgan fingerprint density at radius 2 is 2.19 bits per heavy atom. The van der Waals surface area contributed by atoms with Crippen molar-refractivity contribution < 1.29 is 4.79 Å². The molecular formula is C10H13ClN4O. The normalized spacial score (nSPS) is 17.9. The largest absolute Gasteiger partial charge is 0.293 e. The highest BCUT2D eigenvalue weighted by atomic mass is 35.5. The van der Waals surface area contributed by atoms with Crippen molar-refractivity contribution >= 4 is 23.3 Å². The van der Waals surface area contributed by atoms with Crippen LogP contribution < -0.4 is 4.90 Å². The molecule has 0 radical (unpaired) electrons.